The topological polar surface area (TPSA) is 78.8 Å². The number of benzene rings is 3. The molecule has 12 heteroatoms. The van der Waals surface area contributed by atoms with Crippen molar-refractivity contribution in [2.45, 2.75) is 126 Å². The third-order valence-electron chi connectivity index (χ3n) is 8.98. The third-order valence-corrected chi connectivity index (χ3v) is 13.2. The van der Waals surface area contributed by atoms with Crippen LogP contribution < -0.4 is 10.4 Å². The number of amidine groups is 1. The van der Waals surface area contributed by atoms with E-state index in [4.69, 9.17) is 51.4 Å². The molecule has 0 aliphatic carbocycles. The minimum atomic E-state index is -3.53. The van der Waals surface area contributed by atoms with Gasteiger partial charge in [-0.15, -0.1) is 11.8 Å². The van der Waals surface area contributed by atoms with Crippen LogP contribution in [0.25, 0.3) is 0 Å². The lowest BCUT2D eigenvalue weighted by Crippen LogP contribution is -2.36. The van der Waals surface area contributed by atoms with Gasteiger partial charge in [-0.25, -0.2) is 18.4 Å². The summed E-state index contributed by atoms with van der Waals surface area (Å²) in [6.07, 6.45) is 11.2. The van der Waals surface area contributed by atoms with Crippen LogP contribution in [0.2, 0.25) is 20.1 Å². The first-order chi connectivity index (χ1) is 24.2. The number of hydrogen-bond acceptors (Lipinski definition) is 5. The van der Waals surface area contributed by atoms with Crippen molar-refractivity contribution in [1.29, 1.82) is 0 Å². The second-order valence-corrected chi connectivity index (χ2v) is 18.6. The van der Waals surface area contributed by atoms with Gasteiger partial charge in [0.2, 0.25) is 0 Å². The largest absolute Gasteiger partial charge is 0.276 e. The number of hydrazine groups is 1. The van der Waals surface area contributed by atoms with E-state index in [0.29, 0.717) is 28.9 Å². The average Bonchev–Trinajstić information content (AvgIpc) is 3.35. The van der Waals surface area contributed by atoms with Crippen molar-refractivity contribution in [2.24, 2.45) is 4.99 Å². The molecule has 1 N–H and O–H groups in total. The van der Waals surface area contributed by atoms with Crippen molar-refractivity contribution < 1.29 is 13.2 Å². The average molecular weight is 814 g/mol. The highest BCUT2D eigenvalue weighted by Crippen LogP contribution is 2.42. The molecule has 0 bridgehead atoms. The lowest BCUT2D eigenvalue weighted by Gasteiger charge is -2.19. The first kappa shape index (κ1) is 41.8. The molecule has 0 aromatic heterocycles. The maximum atomic E-state index is 14.2. The van der Waals surface area contributed by atoms with Gasteiger partial charge in [0.05, 0.1) is 31.4 Å². The third kappa shape index (κ3) is 11.3. The van der Waals surface area contributed by atoms with Crippen LogP contribution in [0.3, 0.4) is 0 Å². The zero-order valence-corrected chi connectivity index (χ0v) is 34.7. The fraction of sp³-hybridized carbons (Fsp3) is 0.487. The Morgan fingerprint density at radius 1 is 0.784 bits per heavy atom. The maximum Gasteiger partial charge on any atom is 0.267 e. The predicted octanol–water partition coefficient (Wildman–Crippen LogP) is 13.0. The summed E-state index contributed by atoms with van der Waals surface area (Å²) in [5.74, 6) is 0.587. The minimum absolute atomic E-state index is 0.0633. The molecule has 1 amide bonds. The van der Waals surface area contributed by atoms with E-state index in [1.54, 1.807) is 6.07 Å². The number of anilines is 1. The van der Waals surface area contributed by atoms with E-state index in [1.807, 2.05) is 6.07 Å². The zero-order valence-electron chi connectivity index (χ0n) is 30.1. The summed E-state index contributed by atoms with van der Waals surface area (Å²) in [5, 5.41) is 1.35. The lowest BCUT2D eigenvalue weighted by atomic mass is 9.96. The van der Waals surface area contributed by atoms with E-state index in [9.17, 15) is 13.2 Å². The normalized spacial score (nSPS) is 15.8. The minimum Gasteiger partial charge on any atom is -0.276 e. The molecule has 0 spiro atoms. The number of unbranched alkanes of at least 4 members (excludes halogenated alkanes) is 9. The number of carbonyl (C=O) groups is 1. The van der Waals surface area contributed by atoms with Crippen molar-refractivity contribution >= 4 is 91.1 Å². The standard InChI is InChI=1S/C39H49Cl4N3O3S2/c1-6-7-8-9-10-11-12-13-14-15-20-51(48,49)29-17-18-34(31(41)24-29)44-38-37(50-35-19-16-27(25(2)3)21-30(35)26(4)5)39(47)46(45-38)36-32(42)22-28(40)23-33(36)43/h16-19,21-26,37H,6-15,20H2,1-5H3,(H,44,45). The molecule has 1 aliphatic rings. The van der Waals surface area contributed by atoms with Gasteiger partial charge in [0.1, 0.15) is 16.8 Å². The van der Waals surface area contributed by atoms with Crippen LogP contribution in [0.5, 0.6) is 0 Å². The van der Waals surface area contributed by atoms with Gasteiger partial charge in [0.15, 0.2) is 9.84 Å². The number of hydrogen-bond donors (Lipinski definition) is 1. The van der Waals surface area contributed by atoms with Crippen LogP contribution in [0, 0.1) is 0 Å². The Labute approximate surface area is 329 Å². The summed E-state index contributed by atoms with van der Waals surface area (Å²) < 4.78 is 26.4. The van der Waals surface area contributed by atoms with Crippen LogP contribution in [0.15, 0.2) is 63.3 Å². The Bertz CT molecular complexity index is 1790. The summed E-state index contributed by atoms with van der Waals surface area (Å²) in [7, 11) is -3.53. The maximum absolute atomic E-state index is 14.2. The molecule has 4 rings (SSSR count). The molecule has 1 fully saturated rings. The van der Waals surface area contributed by atoms with E-state index in [-0.39, 0.29) is 43.2 Å². The van der Waals surface area contributed by atoms with E-state index in [0.717, 1.165) is 29.7 Å². The number of halogens is 4. The quantitative estimate of drug-likeness (QED) is 0.129. The number of carbonyl (C=O) groups excluding carboxylic acids is 1. The monoisotopic (exact) mass is 811 g/mol. The molecule has 0 saturated carbocycles. The second kappa shape index (κ2) is 19.4. The van der Waals surface area contributed by atoms with Crippen molar-refractivity contribution in [1.82, 2.24) is 5.43 Å². The molecular formula is C39H49Cl4N3O3S2. The van der Waals surface area contributed by atoms with E-state index >= 15 is 0 Å². The molecule has 0 radical (unpaired) electrons. The highest BCUT2D eigenvalue weighted by atomic mass is 35.5. The number of aliphatic imine (C=N–C) groups is 1. The first-order valence-corrected chi connectivity index (χ1v) is 21.9. The van der Waals surface area contributed by atoms with Crippen LogP contribution in [0.4, 0.5) is 11.4 Å². The molecule has 1 heterocycles. The van der Waals surface area contributed by atoms with Crippen molar-refractivity contribution in [3.63, 3.8) is 0 Å². The molecule has 3 aromatic carbocycles. The Morgan fingerprint density at radius 2 is 1.39 bits per heavy atom. The molecule has 3 aromatic rings. The van der Waals surface area contributed by atoms with Gasteiger partial charge in [0.25, 0.3) is 5.91 Å². The van der Waals surface area contributed by atoms with Gasteiger partial charge in [-0.1, -0.05) is 151 Å². The number of thioether (sulfide) groups is 1. The second-order valence-electron chi connectivity index (χ2n) is 13.7. The summed E-state index contributed by atoms with van der Waals surface area (Å²) in [6.45, 7) is 10.8. The Kier molecular flexibility index (Phi) is 15.9. The van der Waals surface area contributed by atoms with Gasteiger partial charge in [0, 0.05) is 9.92 Å². The van der Waals surface area contributed by atoms with Crippen molar-refractivity contribution in [3.05, 3.63) is 79.7 Å². The number of nitrogens with one attached hydrogen (secondary N) is 1. The molecule has 1 atom stereocenters. The van der Waals surface area contributed by atoms with Crippen molar-refractivity contribution in [3.8, 4) is 0 Å². The molecule has 6 nitrogen and oxygen atoms in total. The predicted molar refractivity (Wildman–Crippen MR) is 219 cm³/mol. The molecule has 278 valence electrons. The fourth-order valence-electron chi connectivity index (χ4n) is 5.98. The fourth-order valence-corrected chi connectivity index (χ4v) is 9.90. The Hall–Kier alpha value is -1.94. The van der Waals surface area contributed by atoms with Gasteiger partial charge >= 0.3 is 0 Å². The number of nitrogens with zero attached hydrogens (tertiary/aromatic N) is 2. The molecular weight excluding hydrogens is 764 g/mol. The van der Waals surface area contributed by atoms with Crippen molar-refractivity contribution in [2.75, 3.05) is 10.8 Å². The summed E-state index contributed by atoms with van der Waals surface area (Å²) in [6, 6.07) is 13.9. The van der Waals surface area contributed by atoms with Crippen LogP contribution >= 0.6 is 58.2 Å². The van der Waals surface area contributed by atoms with E-state index < -0.39 is 15.1 Å². The Morgan fingerprint density at radius 3 is 1.96 bits per heavy atom. The summed E-state index contributed by atoms with van der Waals surface area (Å²) >= 11 is 27.4. The van der Waals surface area contributed by atoms with Gasteiger partial charge in [-0.05, 0) is 65.8 Å². The molecule has 51 heavy (non-hydrogen) atoms. The van der Waals surface area contributed by atoms with Gasteiger partial charge < -0.3 is 0 Å². The van der Waals surface area contributed by atoms with Crippen LogP contribution in [-0.2, 0) is 14.6 Å². The smallest absolute Gasteiger partial charge is 0.267 e. The highest BCUT2D eigenvalue weighted by Gasteiger charge is 2.41. The summed E-state index contributed by atoms with van der Waals surface area (Å²) in [5.41, 5.74) is 6.02. The SMILES string of the molecule is CCCCCCCCCCCCS(=O)(=O)c1ccc(N=C2NN(c3c(Cl)cc(Cl)cc3Cl)C(=O)C2Sc2ccc(C(C)C)cc2C(C)C)c(Cl)c1. The number of amides is 1. The molecule has 1 aliphatic heterocycles. The lowest BCUT2D eigenvalue weighted by molar-refractivity contribution is -0.116. The van der Waals surface area contributed by atoms with Gasteiger partial charge in [-0.3, -0.25) is 10.2 Å². The van der Waals surface area contributed by atoms with E-state index in [1.165, 1.54) is 85.1 Å². The van der Waals surface area contributed by atoms with E-state index in [2.05, 4.69) is 52.2 Å². The Balaban J connectivity index is 1.57. The molecule has 1 saturated heterocycles. The highest BCUT2D eigenvalue weighted by molar-refractivity contribution is 8.01. The first-order valence-electron chi connectivity index (χ1n) is 17.9. The zero-order chi connectivity index (χ0) is 37.3. The number of sulfone groups is 1. The number of rotatable bonds is 18. The van der Waals surface area contributed by atoms with Gasteiger partial charge in [-0.2, -0.15) is 0 Å². The molecule has 1 unspecified atom stereocenters. The summed E-state index contributed by atoms with van der Waals surface area (Å²) in [4.78, 5) is 20.1. The van der Waals surface area contributed by atoms with Crippen LogP contribution in [-0.4, -0.2) is 31.2 Å². The van der Waals surface area contributed by atoms with Crippen LogP contribution in [0.1, 0.15) is 122 Å².